The number of amides is 1. The van der Waals surface area contributed by atoms with Gasteiger partial charge in [0.05, 0.1) is 13.0 Å². The minimum Gasteiger partial charge on any atom is -0.481 e. The Balaban J connectivity index is 3.70. The second-order valence-electron chi connectivity index (χ2n) is 6.56. The highest BCUT2D eigenvalue weighted by molar-refractivity contribution is 5.81. The van der Waals surface area contributed by atoms with Gasteiger partial charge in [-0.05, 0) is 12.8 Å². The molecule has 0 aromatic carbocycles. The summed E-state index contributed by atoms with van der Waals surface area (Å²) in [5, 5.41) is 17.6. The predicted molar refractivity (Wildman–Crippen MR) is 101 cm³/mol. The number of allylic oxidation sites excluding steroid dienone is 1. The standard InChI is InChI=1S/C20H37NO4/c1-2-3-4-5-6-7-8-9-10-11-12-13-16-21(17-18-22)19(23)14-15-20(24)25/h13,16,22H,2-12,14-15,17-18H2,1H3,(H,24,25). The van der Waals surface area contributed by atoms with Gasteiger partial charge < -0.3 is 15.1 Å². The van der Waals surface area contributed by atoms with E-state index in [-0.39, 0.29) is 31.9 Å². The van der Waals surface area contributed by atoms with Crippen molar-refractivity contribution in [1.29, 1.82) is 0 Å². The van der Waals surface area contributed by atoms with Crippen LogP contribution >= 0.6 is 0 Å². The first kappa shape index (κ1) is 23.6. The van der Waals surface area contributed by atoms with Crippen molar-refractivity contribution < 1.29 is 19.8 Å². The average Bonchev–Trinajstić information content (AvgIpc) is 2.59. The first-order chi connectivity index (χ1) is 12.1. The molecule has 0 heterocycles. The van der Waals surface area contributed by atoms with E-state index in [0.717, 1.165) is 12.8 Å². The number of carboxylic acids is 1. The number of nitrogens with zero attached hydrogens (tertiary/aromatic N) is 1. The molecule has 0 rings (SSSR count). The van der Waals surface area contributed by atoms with Crippen molar-refractivity contribution in [2.24, 2.45) is 0 Å². The van der Waals surface area contributed by atoms with E-state index in [1.807, 2.05) is 6.08 Å². The number of unbranched alkanes of at least 4 members (excludes halogenated alkanes) is 10. The van der Waals surface area contributed by atoms with Crippen molar-refractivity contribution in [3.8, 4) is 0 Å². The van der Waals surface area contributed by atoms with E-state index >= 15 is 0 Å². The van der Waals surface area contributed by atoms with E-state index < -0.39 is 5.97 Å². The Morgan fingerprint density at radius 3 is 1.96 bits per heavy atom. The molecule has 0 fully saturated rings. The fourth-order valence-corrected chi connectivity index (χ4v) is 2.70. The van der Waals surface area contributed by atoms with Gasteiger partial charge in [0, 0.05) is 19.2 Å². The van der Waals surface area contributed by atoms with Gasteiger partial charge in [0.2, 0.25) is 5.91 Å². The largest absolute Gasteiger partial charge is 0.481 e. The van der Waals surface area contributed by atoms with E-state index in [1.54, 1.807) is 6.20 Å². The van der Waals surface area contributed by atoms with Crippen LogP contribution in [0.25, 0.3) is 0 Å². The van der Waals surface area contributed by atoms with Crippen molar-refractivity contribution in [2.45, 2.75) is 90.4 Å². The SMILES string of the molecule is CCCCCCCCCCCCC=CN(CCO)C(=O)CCC(=O)O. The summed E-state index contributed by atoms with van der Waals surface area (Å²) >= 11 is 0. The van der Waals surface area contributed by atoms with Gasteiger partial charge >= 0.3 is 5.97 Å². The topological polar surface area (TPSA) is 77.8 Å². The van der Waals surface area contributed by atoms with Crippen LogP contribution in [0.2, 0.25) is 0 Å². The second kappa shape index (κ2) is 17.5. The van der Waals surface area contributed by atoms with Crippen LogP contribution in [0.15, 0.2) is 12.3 Å². The lowest BCUT2D eigenvalue weighted by atomic mass is 10.1. The second-order valence-corrected chi connectivity index (χ2v) is 6.56. The molecule has 0 aliphatic rings. The third kappa shape index (κ3) is 15.9. The molecule has 1 amide bonds. The number of carbonyl (C=O) groups excluding carboxylic acids is 1. The Morgan fingerprint density at radius 1 is 0.880 bits per heavy atom. The predicted octanol–water partition coefficient (Wildman–Crippen LogP) is 4.50. The van der Waals surface area contributed by atoms with Crippen LogP contribution in [0.1, 0.15) is 90.4 Å². The van der Waals surface area contributed by atoms with Gasteiger partial charge in [-0.2, -0.15) is 0 Å². The average molecular weight is 356 g/mol. The fourth-order valence-electron chi connectivity index (χ4n) is 2.70. The molecule has 5 nitrogen and oxygen atoms in total. The van der Waals surface area contributed by atoms with E-state index in [4.69, 9.17) is 10.2 Å². The quantitative estimate of drug-likeness (QED) is 0.377. The van der Waals surface area contributed by atoms with Crippen molar-refractivity contribution in [1.82, 2.24) is 4.90 Å². The molecule has 5 heteroatoms. The number of hydrogen-bond acceptors (Lipinski definition) is 3. The first-order valence-electron chi connectivity index (χ1n) is 9.90. The molecule has 146 valence electrons. The van der Waals surface area contributed by atoms with Gasteiger partial charge in [0.25, 0.3) is 0 Å². The molecule has 0 saturated carbocycles. The summed E-state index contributed by atoms with van der Waals surface area (Å²) in [5.74, 6) is -1.23. The normalized spacial score (nSPS) is 11.1. The van der Waals surface area contributed by atoms with Gasteiger partial charge in [-0.25, -0.2) is 0 Å². The van der Waals surface area contributed by atoms with Crippen LogP contribution in [0.4, 0.5) is 0 Å². The molecule has 0 aromatic rings. The molecule has 25 heavy (non-hydrogen) atoms. The molecule has 0 atom stereocenters. The summed E-state index contributed by atoms with van der Waals surface area (Å²) in [7, 11) is 0. The zero-order valence-electron chi connectivity index (χ0n) is 15.9. The van der Waals surface area contributed by atoms with Crippen LogP contribution in [0, 0.1) is 0 Å². The Morgan fingerprint density at radius 2 is 1.44 bits per heavy atom. The third-order valence-electron chi connectivity index (χ3n) is 4.22. The summed E-state index contributed by atoms with van der Waals surface area (Å²) in [6.45, 7) is 2.33. The molecular weight excluding hydrogens is 318 g/mol. The Hall–Kier alpha value is -1.36. The number of rotatable bonds is 17. The zero-order chi connectivity index (χ0) is 18.8. The highest BCUT2D eigenvalue weighted by Gasteiger charge is 2.11. The number of carbonyl (C=O) groups is 2. The minimum atomic E-state index is -0.980. The number of carboxylic acid groups (broad SMARTS) is 1. The van der Waals surface area contributed by atoms with Gasteiger partial charge in [-0.1, -0.05) is 70.8 Å². The van der Waals surface area contributed by atoms with E-state index in [1.165, 1.54) is 62.7 Å². The van der Waals surface area contributed by atoms with Crippen molar-refractivity contribution in [3.05, 3.63) is 12.3 Å². The number of aliphatic carboxylic acids is 1. The third-order valence-corrected chi connectivity index (χ3v) is 4.22. The van der Waals surface area contributed by atoms with Crippen LogP contribution in [-0.2, 0) is 9.59 Å². The summed E-state index contributed by atoms with van der Waals surface area (Å²) in [4.78, 5) is 23.8. The maximum absolute atomic E-state index is 11.9. The molecule has 0 aliphatic heterocycles. The van der Waals surface area contributed by atoms with Crippen molar-refractivity contribution in [3.63, 3.8) is 0 Å². The molecule has 0 saturated heterocycles. The number of aliphatic hydroxyl groups excluding tert-OH is 1. The van der Waals surface area contributed by atoms with Crippen LogP contribution in [-0.4, -0.2) is 40.1 Å². The maximum atomic E-state index is 11.9. The molecule has 0 aliphatic carbocycles. The number of hydrogen-bond donors (Lipinski definition) is 2. The molecule has 0 radical (unpaired) electrons. The van der Waals surface area contributed by atoms with Crippen molar-refractivity contribution in [2.75, 3.05) is 13.2 Å². The van der Waals surface area contributed by atoms with Crippen LogP contribution < -0.4 is 0 Å². The van der Waals surface area contributed by atoms with E-state index in [0.29, 0.717) is 0 Å². The molecule has 0 bridgehead atoms. The summed E-state index contributed by atoms with van der Waals surface area (Å²) in [6.07, 6.45) is 17.3. The Labute approximate surface area is 153 Å². The molecule has 0 spiro atoms. The van der Waals surface area contributed by atoms with Crippen molar-refractivity contribution >= 4 is 11.9 Å². The Bertz CT molecular complexity index is 369. The monoisotopic (exact) mass is 355 g/mol. The molecule has 0 aromatic heterocycles. The maximum Gasteiger partial charge on any atom is 0.303 e. The zero-order valence-corrected chi connectivity index (χ0v) is 15.9. The molecule has 0 unspecified atom stereocenters. The molecule has 2 N–H and O–H groups in total. The van der Waals surface area contributed by atoms with Gasteiger partial charge in [0.15, 0.2) is 0 Å². The van der Waals surface area contributed by atoms with Gasteiger partial charge in [-0.3, -0.25) is 9.59 Å². The first-order valence-corrected chi connectivity index (χ1v) is 9.90. The lowest BCUT2D eigenvalue weighted by Crippen LogP contribution is -2.28. The Kier molecular flexibility index (Phi) is 16.5. The van der Waals surface area contributed by atoms with Gasteiger partial charge in [0.1, 0.15) is 0 Å². The van der Waals surface area contributed by atoms with Gasteiger partial charge in [-0.15, -0.1) is 0 Å². The van der Waals surface area contributed by atoms with E-state index in [9.17, 15) is 9.59 Å². The summed E-state index contributed by atoms with van der Waals surface area (Å²) < 4.78 is 0. The highest BCUT2D eigenvalue weighted by atomic mass is 16.4. The highest BCUT2D eigenvalue weighted by Crippen LogP contribution is 2.11. The minimum absolute atomic E-state index is 0.0298. The smallest absolute Gasteiger partial charge is 0.303 e. The van der Waals surface area contributed by atoms with E-state index in [2.05, 4.69) is 6.92 Å². The number of aliphatic hydroxyl groups is 1. The summed E-state index contributed by atoms with van der Waals surface area (Å²) in [5.41, 5.74) is 0. The summed E-state index contributed by atoms with van der Waals surface area (Å²) in [6, 6.07) is 0. The lowest BCUT2D eigenvalue weighted by Gasteiger charge is -2.16. The lowest BCUT2D eigenvalue weighted by molar-refractivity contribution is -0.140. The van der Waals surface area contributed by atoms with Crippen LogP contribution in [0.3, 0.4) is 0 Å². The fraction of sp³-hybridized carbons (Fsp3) is 0.800. The van der Waals surface area contributed by atoms with Crippen LogP contribution in [0.5, 0.6) is 0 Å². The molecular formula is C20H37NO4.